The van der Waals surface area contributed by atoms with Gasteiger partial charge in [-0.2, -0.15) is 0 Å². The first-order chi connectivity index (χ1) is 11.5. The van der Waals surface area contributed by atoms with Gasteiger partial charge in [0.15, 0.2) is 0 Å². The van der Waals surface area contributed by atoms with E-state index in [1.165, 1.54) is 12.1 Å². The smallest absolute Gasteiger partial charge is 0.253 e. The fourth-order valence-corrected chi connectivity index (χ4v) is 4.69. The minimum absolute atomic E-state index is 0. The molecule has 2 aliphatic rings. The second-order valence-corrected chi connectivity index (χ2v) is 8.34. The molecule has 0 bridgehead atoms. The first kappa shape index (κ1) is 20.2. The Kier molecular flexibility index (Phi) is 6.85. The lowest BCUT2D eigenvalue weighted by Crippen LogP contribution is -2.32. The molecule has 0 unspecified atom stereocenters. The molecule has 1 aromatic rings. The number of amides is 1. The van der Waals surface area contributed by atoms with E-state index in [1.807, 2.05) is 4.90 Å². The van der Waals surface area contributed by atoms with Gasteiger partial charge in [-0.15, -0.1) is 12.4 Å². The molecule has 2 fully saturated rings. The van der Waals surface area contributed by atoms with E-state index in [2.05, 4.69) is 10.0 Å². The number of nitrogens with one attached hydrogen (secondary N) is 2. The Labute approximate surface area is 155 Å². The molecule has 25 heavy (non-hydrogen) atoms. The third kappa shape index (κ3) is 4.53. The molecule has 6 nitrogen and oxygen atoms in total. The van der Waals surface area contributed by atoms with Crippen LogP contribution in [0.5, 0.6) is 0 Å². The first-order valence-electron chi connectivity index (χ1n) is 8.61. The normalized spacial score (nSPS) is 23.5. The van der Waals surface area contributed by atoms with Crippen molar-refractivity contribution in [2.45, 2.75) is 24.7 Å². The van der Waals surface area contributed by atoms with E-state index in [9.17, 15) is 13.2 Å². The summed E-state index contributed by atoms with van der Waals surface area (Å²) in [6, 6.07) is 6.23. The van der Waals surface area contributed by atoms with Gasteiger partial charge in [0, 0.05) is 25.2 Å². The molecule has 0 aliphatic carbocycles. The second-order valence-electron chi connectivity index (χ2n) is 6.57. The summed E-state index contributed by atoms with van der Waals surface area (Å²) in [4.78, 5) is 14.8. The van der Waals surface area contributed by atoms with Crippen molar-refractivity contribution in [2.75, 3.05) is 32.7 Å². The van der Waals surface area contributed by atoms with Crippen LogP contribution in [0.25, 0.3) is 0 Å². The van der Waals surface area contributed by atoms with Crippen molar-refractivity contribution in [1.82, 2.24) is 14.9 Å². The Bertz CT molecular complexity index is 680. The summed E-state index contributed by atoms with van der Waals surface area (Å²) < 4.78 is 26.4. The fourth-order valence-electron chi connectivity index (χ4n) is 3.65. The summed E-state index contributed by atoms with van der Waals surface area (Å²) in [6.45, 7) is 5.75. The molecule has 2 atom stereocenters. The first-order valence-corrected chi connectivity index (χ1v) is 10.1. The van der Waals surface area contributed by atoms with Crippen LogP contribution >= 0.6 is 12.4 Å². The van der Waals surface area contributed by atoms with Gasteiger partial charge in [0.05, 0.1) is 4.90 Å². The van der Waals surface area contributed by atoms with Gasteiger partial charge in [-0.1, -0.05) is 6.92 Å². The average molecular weight is 388 g/mol. The fraction of sp³-hybridized carbons (Fsp3) is 0.588. The minimum atomic E-state index is -3.48. The second kappa shape index (κ2) is 8.49. The van der Waals surface area contributed by atoms with E-state index in [0.29, 0.717) is 23.9 Å². The molecule has 3 rings (SSSR count). The summed E-state index contributed by atoms with van der Waals surface area (Å²) in [5.74, 6) is 1.35. The molecule has 0 spiro atoms. The number of nitrogens with zero attached hydrogens (tertiary/aromatic N) is 1. The van der Waals surface area contributed by atoms with Crippen LogP contribution in [0.4, 0.5) is 0 Å². The molecule has 2 saturated heterocycles. The molecule has 1 aromatic carbocycles. The van der Waals surface area contributed by atoms with Crippen molar-refractivity contribution >= 4 is 28.3 Å². The Morgan fingerprint density at radius 3 is 2.24 bits per heavy atom. The van der Waals surface area contributed by atoms with Crippen LogP contribution in [0, 0.1) is 11.8 Å². The number of carbonyl (C=O) groups excluding carboxylic acids is 1. The average Bonchev–Trinajstić information content (AvgIpc) is 2.93. The summed E-state index contributed by atoms with van der Waals surface area (Å²) in [7, 11) is -3.48. The SMILES string of the molecule is CCNS(=O)(=O)c1ccc(C(=O)N2CC[C@@H]3CNC[C@@H]3CC2)cc1.Cl. The van der Waals surface area contributed by atoms with Crippen LogP contribution < -0.4 is 10.0 Å². The number of carbonyl (C=O) groups is 1. The molecule has 8 heteroatoms. The number of hydrogen-bond acceptors (Lipinski definition) is 4. The quantitative estimate of drug-likeness (QED) is 0.820. The van der Waals surface area contributed by atoms with Gasteiger partial charge in [-0.05, 0) is 62.0 Å². The van der Waals surface area contributed by atoms with Crippen molar-refractivity contribution < 1.29 is 13.2 Å². The van der Waals surface area contributed by atoms with Gasteiger partial charge in [-0.3, -0.25) is 4.79 Å². The zero-order valence-corrected chi connectivity index (χ0v) is 16.0. The van der Waals surface area contributed by atoms with E-state index < -0.39 is 10.0 Å². The number of sulfonamides is 1. The summed E-state index contributed by atoms with van der Waals surface area (Å²) in [5.41, 5.74) is 0.552. The highest BCUT2D eigenvalue weighted by Crippen LogP contribution is 2.27. The molecular formula is C17H26ClN3O3S. The number of halogens is 1. The van der Waals surface area contributed by atoms with Crippen LogP contribution in [-0.2, 0) is 10.0 Å². The van der Waals surface area contributed by atoms with Gasteiger partial charge in [0.2, 0.25) is 10.0 Å². The monoisotopic (exact) mass is 387 g/mol. The summed E-state index contributed by atoms with van der Waals surface area (Å²) in [6.07, 6.45) is 2.08. The van der Waals surface area contributed by atoms with Gasteiger partial charge in [0.25, 0.3) is 5.91 Å². The Balaban J connectivity index is 0.00000225. The third-order valence-electron chi connectivity index (χ3n) is 5.05. The van der Waals surface area contributed by atoms with Crippen LogP contribution in [0.15, 0.2) is 29.2 Å². The molecule has 140 valence electrons. The van der Waals surface area contributed by atoms with Gasteiger partial charge < -0.3 is 10.2 Å². The predicted molar refractivity (Wildman–Crippen MR) is 99.5 cm³/mol. The van der Waals surface area contributed by atoms with Crippen molar-refractivity contribution in [3.8, 4) is 0 Å². The molecular weight excluding hydrogens is 362 g/mol. The zero-order valence-electron chi connectivity index (χ0n) is 14.4. The van der Waals surface area contributed by atoms with E-state index >= 15 is 0 Å². The molecule has 0 radical (unpaired) electrons. The molecule has 2 heterocycles. The molecule has 0 saturated carbocycles. The van der Waals surface area contributed by atoms with Crippen molar-refractivity contribution in [3.05, 3.63) is 29.8 Å². The van der Waals surface area contributed by atoms with E-state index in [0.717, 1.165) is 39.0 Å². The van der Waals surface area contributed by atoms with Gasteiger partial charge in [-0.25, -0.2) is 13.1 Å². The van der Waals surface area contributed by atoms with E-state index in [4.69, 9.17) is 0 Å². The topological polar surface area (TPSA) is 78.5 Å². The van der Waals surface area contributed by atoms with E-state index in [-0.39, 0.29) is 23.2 Å². The maximum atomic E-state index is 12.7. The largest absolute Gasteiger partial charge is 0.339 e. The maximum absolute atomic E-state index is 12.7. The molecule has 1 amide bonds. The third-order valence-corrected chi connectivity index (χ3v) is 6.61. The van der Waals surface area contributed by atoms with Gasteiger partial charge in [0.1, 0.15) is 0 Å². The standard InChI is InChI=1S/C17H25N3O3S.ClH/c1-2-19-24(22,23)16-5-3-13(4-6-16)17(21)20-9-7-14-11-18-12-15(14)8-10-20;/h3-6,14-15,18-19H,2,7-12H2,1H3;1H/t14-,15+;. The van der Waals surface area contributed by atoms with Crippen LogP contribution in [-0.4, -0.2) is 51.9 Å². The Morgan fingerprint density at radius 2 is 1.72 bits per heavy atom. The lowest BCUT2D eigenvalue weighted by Gasteiger charge is -2.21. The van der Waals surface area contributed by atoms with Gasteiger partial charge >= 0.3 is 0 Å². The molecule has 2 N–H and O–H groups in total. The number of hydrogen-bond donors (Lipinski definition) is 2. The van der Waals surface area contributed by atoms with E-state index in [1.54, 1.807) is 19.1 Å². The van der Waals surface area contributed by atoms with Crippen LogP contribution in [0.1, 0.15) is 30.1 Å². The van der Waals surface area contributed by atoms with Crippen molar-refractivity contribution in [3.63, 3.8) is 0 Å². The highest BCUT2D eigenvalue weighted by molar-refractivity contribution is 7.89. The molecule has 2 aliphatic heterocycles. The van der Waals surface area contributed by atoms with Crippen molar-refractivity contribution in [2.24, 2.45) is 11.8 Å². The highest BCUT2D eigenvalue weighted by atomic mass is 35.5. The number of benzene rings is 1. The summed E-state index contributed by atoms with van der Waals surface area (Å²) in [5, 5.41) is 3.43. The number of rotatable bonds is 4. The summed E-state index contributed by atoms with van der Waals surface area (Å²) >= 11 is 0. The highest BCUT2D eigenvalue weighted by Gasteiger charge is 2.31. The predicted octanol–water partition coefficient (Wildman–Crippen LogP) is 1.48. The zero-order chi connectivity index (χ0) is 17.2. The Morgan fingerprint density at radius 1 is 1.16 bits per heavy atom. The van der Waals surface area contributed by atoms with Crippen LogP contribution in [0.2, 0.25) is 0 Å². The lowest BCUT2D eigenvalue weighted by atomic mass is 9.92. The number of likely N-dealkylation sites (tertiary alicyclic amines) is 1. The van der Waals surface area contributed by atoms with Crippen molar-refractivity contribution in [1.29, 1.82) is 0 Å². The minimum Gasteiger partial charge on any atom is -0.339 e. The van der Waals surface area contributed by atoms with Crippen LogP contribution in [0.3, 0.4) is 0 Å². The number of fused-ring (bicyclic) bond motifs is 1. The lowest BCUT2D eigenvalue weighted by molar-refractivity contribution is 0.0758. The molecule has 0 aromatic heterocycles. The Hall–Kier alpha value is -1.15. The maximum Gasteiger partial charge on any atom is 0.253 e.